The maximum Gasteiger partial charge on any atom is 0.343 e. The van der Waals surface area contributed by atoms with E-state index in [4.69, 9.17) is 4.74 Å². The molecule has 0 atom stereocenters. The van der Waals surface area contributed by atoms with Gasteiger partial charge < -0.3 is 14.6 Å². The smallest absolute Gasteiger partial charge is 0.343 e. The van der Waals surface area contributed by atoms with Crippen LogP contribution in [0.1, 0.15) is 15.9 Å². The van der Waals surface area contributed by atoms with E-state index in [0.717, 1.165) is 19.9 Å². The van der Waals surface area contributed by atoms with Crippen molar-refractivity contribution < 1.29 is 24.2 Å². The standard InChI is InChI=1S/C21H17IN2O5/c1-28-20(26)12-29-19-7-6-13(8-17(19)22)11-23-24-21(27)16-9-14-4-2-3-5-15(14)10-18(16)25/h2-11,25H,12H2,1H3,(H,24,27). The van der Waals surface area contributed by atoms with Crippen molar-refractivity contribution in [2.75, 3.05) is 13.7 Å². The lowest BCUT2D eigenvalue weighted by Gasteiger charge is -2.07. The van der Waals surface area contributed by atoms with Crippen molar-refractivity contribution in [3.8, 4) is 11.5 Å². The van der Waals surface area contributed by atoms with Gasteiger partial charge in [-0.25, -0.2) is 10.2 Å². The van der Waals surface area contributed by atoms with Crippen molar-refractivity contribution in [3.63, 3.8) is 0 Å². The Kier molecular flexibility index (Phi) is 6.65. The normalized spacial score (nSPS) is 10.8. The van der Waals surface area contributed by atoms with Crippen LogP contribution in [-0.2, 0) is 9.53 Å². The minimum Gasteiger partial charge on any atom is -0.507 e. The molecule has 0 radical (unpaired) electrons. The third-order valence-electron chi connectivity index (χ3n) is 4.02. The topological polar surface area (TPSA) is 97.2 Å². The number of nitrogens with zero attached hydrogens (tertiary/aromatic N) is 1. The van der Waals surface area contributed by atoms with E-state index in [2.05, 4.69) is 37.9 Å². The van der Waals surface area contributed by atoms with Gasteiger partial charge in [-0.05, 0) is 69.3 Å². The molecule has 0 bridgehead atoms. The van der Waals surface area contributed by atoms with Gasteiger partial charge in [0.2, 0.25) is 0 Å². The third kappa shape index (κ3) is 5.23. The number of carbonyl (C=O) groups is 2. The number of phenols is 1. The van der Waals surface area contributed by atoms with Crippen molar-refractivity contribution >= 4 is 51.5 Å². The number of esters is 1. The first-order valence-corrected chi connectivity index (χ1v) is 9.60. The van der Waals surface area contributed by atoms with Crippen LogP contribution >= 0.6 is 22.6 Å². The number of benzene rings is 3. The zero-order valence-corrected chi connectivity index (χ0v) is 17.5. The van der Waals surface area contributed by atoms with Crippen molar-refractivity contribution in [1.29, 1.82) is 0 Å². The summed E-state index contributed by atoms with van der Waals surface area (Å²) < 4.78 is 10.7. The Balaban J connectivity index is 1.66. The molecule has 3 aromatic carbocycles. The highest BCUT2D eigenvalue weighted by atomic mass is 127. The zero-order valence-electron chi connectivity index (χ0n) is 15.4. The minimum absolute atomic E-state index is 0.113. The summed E-state index contributed by atoms with van der Waals surface area (Å²) in [6.45, 7) is -0.175. The molecular weight excluding hydrogens is 487 g/mol. The summed E-state index contributed by atoms with van der Waals surface area (Å²) in [4.78, 5) is 23.5. The van der Waals surface area contributed by atoms with E-state index in [0.29, 0.717) is 5.75 Å². The largest absolute Gasteiger partial charge is 0.507 e. The molecule has 0 saturated carbocycles. The summed E-state index contributed by atoms with van der Waals surface area (Å²) in [7, 11) is 1.29. The number of phenolic OH excluding ortho intramolecular Hbond substituents is 1. The number of hydrazone groups is 1. The van der Waals surface area contributed by atoms with Crippen LogP contribution in [0.15, 0.2) is 59.7 Å². The molecule has 0 heterocycles. The van der Waals surface area contributed by atoms with Gasteiger partial charge in [0.15, 0.2) is 6.61 Å². The van der Waals surface area contributed by atoms with Crippen LogP contribution in [0, 0.1) is 3.57 Å². The van der Waals surface area contributed by atoms with E-state index in [1.54, 1.807) is 30.3 Å². The highest BCUT2D eigenvalue weighted by Crippen LogP contribution is 2.25. The van der Waals surface area contributed by atoms with Crippen LogP contribution in [0.2, 0.25) is 0 Å². The molecule has 0 aliphatic carbocycles. The molecule has 0 aliphatic rings. The van der Waals surface area contributed by atoms with Crippen LogP contribution in [0.25, 0.3) is 10.8 Å². The van der Waals surface area contributed by atoms with Gasteiger partial charge >= 0.3 is 5.97 Å². The summed E-state index contributed by atoms with van der Waals surface area (Å²) in [6, 6.07) is 15.8. The van der Waals surface area contributed by atoms with Crippen LogP contribution in [0.4, 0.5) is 0 Å². The molecule has 8 heteroatoms. The number of hydrogen-bond acceptors (Lipinski definition) is 6. The van der Waals surface area contributed by atoms with Crippen molar-refractivity contribution in [3.05, 3.63) is 69.3 Å². The summed E-state index contributed by atoms with van der Waals surface area (Å²) in [5.74, 6) is -0.556. The van der Waals surface area contributed by atoms with Crippen LogP contribution in [0.5, 0.6) is 11.5 Å². The Morgan fingerprint density at radius 1 is 1.14 bits per heavy atom. The Morgan fingerprint density at radius 2 is 1.86 bits per heavy atom. The van der Waals surface area contributed by atoms with E-state index in [-0.39, 0.29) is 17.9 Å². The monoisotopic (exact) mass is 504 g/mol. The second-order valence-corrected chi connectivity index (χ2v) is 7.13. The molecule has 7 nitrogen and oxygen atoms in total. The number of amides is 1. The Bertz CT molecular complexity index is 1100. The van der Waals surface area contributed by atoms with Gasteiger partial charge in [0.05, 0.1) is 22.5 Å². The van der Waals surface area contributed by atoms with E-state index in [1.165, 1.54) is 13.3 Å². The first-order valence-electron chi connectivity index (χ1n) is 8.52. The summed E-state index contributed by atoms with van der Waals surface area (Å²) in [5.41, 5.74) is 3.28. The van der Waals surface area contributed by atoms with Gasteiger partial charge in [-0.15, -0.1) is 0 Å². The van der Waals surface area contributed by atoms with Crippen LogP contribution in [0.3, 0.4) is 0 Å². The Hall–Kier alpha value is -3.14. The van der Waals surface area contributed by atoms with Crippen molar-refractivity contribution in [2.45, 2.75) is 0 Å². The summed E-state index contributed by atoms with van der Waals surface area (Å²) in [6.07, 6.45) is 1.47. The molecule has 29 heavy (non-hydrogen) atoms. The zero-order chi connectivity index (χ0) is 20.8. The molecule has 148 valence electrons. The lowest BCUT2D eigenvalue weighted by atomic mass is 10.1. The first-order chi connectivity index (χ1) is 14.0. The highest BCUT2D eigenvalue weighted by molar-refractivity contribution is 14.1. The average molecular weight is 504 g/mol. The van der Waals surface area contributed by atoms with Crippen LogP contribution in [-0.4, -0.2) is 36.9 Å². The number of aromatic hydroxyl groups is 1. The van der Waals surface area contributed by atoms with Crippen LogP contribution < -0.4 is 10.2 Å². The highest BCUT2D eigenvalue weighted by Gasteiger charge is 2.12. The number of fused-ring (bicyclic) bond motifs is 1. The predicted octanol–water partition coefficient (Wildman–Crippen LogP) is 3.47. The molecule has 0 unspecified atom stereocenters. The Labute approximate surface area is 180 Å². The van der Waals surface area contributed by atoms with E-state index < -0.39 is 11.9 Å². The molecule has 0 aliphatic heterocycles. The number of halogens is 1. The fourth-order valence-corrected chi connectivity index (χ4v) is 3.24. The molecule has 3 rings (SSSR count). The quantitative estimate of drug-likeness (QED) is 0.232. The average Bonchev–Trinajstić information content (AvgIpc) is 2.72. The number of nitrogens with one attached hydrogen (secondary N) is 1. The lowest BCUT2D eigenvalue weighted by Crippen LogP contribution is -2.17. The number of carbonyl (C=O) groups excluding carboxylic acids is 2. The second kappa shape index (κ2) is 9.37. The third-order valence-corrected chi connectivity index (χ3v) is 4.86. The van der Waals surface area contributed by atoms with Gasteiger partial charge in [-0.3, -0.25) is 4.79 Å². The fraction of sp³-hybridized carbons (Fsp3) is 0.0952. The SMILES string of the molecule is COC(=O)COc1ccc(C=NNC(=O)c2cc3ccccc3cc2O)cc1I. The van der Waals surface area contributed by atoms with E-state index in [1.807, 2.05) is 24.3 Å². The van der Waals surface area contributed by atoms with Crippen molar-refractivity contribution in [2.24, 2.45) is 5.10 Å². The first kappa shape index (κ1) is 20.6. The van der Waals surface area contributed by atoms with Gasteiger partial charge in [0, 0.05) is 0 Å². The van der Waals surface area contributed by atoms with E-state index >= 15 is 0 Å². The molecule has 0 aromatic heterocycles. The van der Waals surface area contributed by atoms with Gasteiger partial charge in [-0.2, -0.15) is 5.10 Å². The summed E-state index contributed by atoms with van der Waals surface area (Å²) >= 11 is 2.07. The molecule has 2 N–H and O–H groups in total. The van der Waals surface area contributed by atoms with Gasteiger partial charge in [-0.1, -0.05) is 24.3 Å². The minimum atomic E-state index is -0.516. The number of methoxy groups -OCH3 is 1. The van der Waals surface area contributed by atoms with Gasteiger partial charge in [0.25, 0.3) is 5.91 Å². The Morgan fingerprint density at radius 3 is 2.55 bits per heavy atom. The van der Waals surface area contributed by atoms with E-state index in [9.17, 15) is 14.7 Å². The number of ether oxygens (including phenoxy) is 2. The lowest BCUT2D eigenvalue weighted by molar-refractivity contribution is -0.142. The molecule has 0 spiro atoms. The summed E-state index contributed by atoms with van der Waals surface area (Å²) in [5, 5.41) is 15.7. The maximum absolute atomic E-state index is 12.3. The molecule has 1 amide bonds. The number of rotatable bonds is 6. The second-order valence-electron chi connectivity index (χ2n) is 5.97. The molecule has 3 aromatic rings. The fourth-order valence-electron chi connectivity index (χ4n) is 2.55. The molecule has 0 saturated heterocycles. The van der Waals surface area contributed by atoms with Crippen molar-refractivity contribution in [1.82, 2.24) is 5.43 Å². The maximum atomic E-state index is 12.3. The predicted molar refractivity (Wildman–Crippen MR) is 117 cm³/mol. The number of hydrogen-bond donors (Lipinski definition) is 2. The van der Waals surface area contributed by atoms with Gasteiger partial charge in [0.1, 0.15) is 11.5 Å². The molecular formula is C21H17IN2O5. The molecule has 0 fully saturated rings.